The Bertz CT molecular complexity index is 1040. The van der Waals surface area contributed by atoms with Crippen LogP contribution in [0, 0.1) is 0 Å². The number of nitrogens with zero attached hydrogens (tertiary/aromatic N) is 1. The van der Waals surface area contributed by atoms with Gasteiger partial charge in [-0.25, -0.2) is 8.42 Å². The molecule has 0 unspecified atom stereocenters. The maximum Gasteiger partial charge on any atom is 0.265 e. The van der Waals surface area contributed by atoms with E-state index in [0.29, 0.717) is 15.9 Å². The number of hydrogen-bond donors (Lipinski definition) is 1. The standard InChI is InChI=1S/C17H15BrN2O4S/c1-23-15-9-17(16(24-2)8-13(15)18)25(21,22)20-12-7-11-5-3-4-6-14(11)19-10-12/h3-10,20H,1-2H3. The maximum absolute atomic E-state index is 12.8. The molecule has 6 nitrogen and oxygen atoms in total. The number of aromatic nitrogens is 1. The highest BCUT2D eigenvalue weighted by atomic mass is 79.9. The van der Waals surface area contributed by atoms with Crippen molar-refractivity contribution in [1.29, 1.82) is 0 Å². The molecule has 0 aliphatic carbocycles. The van der Waals surface area contributed by atoms with Gasteiger partial charge in [-0.2, -0.15) is 0 Å². The number of para-hydroxylation sites is 1. The van der Waals surface area contributed by atoms with Crippen LogP contribution in [0.4, 0.5) is 5.69 Å². The highest BCUT2D eigenvalue weighted by molar-refractivity contribution is 9.10. The molecular weight excluding hydrogens is 408 g/mol. The van der Waals surface area contributed by atoms with Crippen LogP contribution in [0.15, 0.2) is 58.0 Å². The zero-order valence-electron chi connectivity index (χ0n) is 13.5. The number of ether oxygens (including phenoxy) is 2. The molecule has 8 heteroatoms. The lowest BCUT2D eigenvalue weighted by molar-refractivity contribution is 0.390. The molecule has 0 spiro atoms. The third kappa shape index (κ3) is 3.54. The van der Waals surface area contributed by atoms with Crippen molar-refractivity contribution >= 4 is 42.5 Å². The molecular formula is C17H15BrN2O4S. The van der Waals surface area contributed by atoms with Gasteiger partial charge in [-0.3, -0.25) is 9.71 Å². The number of pyridine rings is 1. The Hall–Kier alpha value is -2.32. The van der Waals surface area contributed by atoms with Crippen LogP contribution >= 0.6 is 15.9 Å². The molecule has 1 aromatic heterocycles. The minimum atomic E-state index is -3.89. The van der Waals surface area contributed by atoms with Crippen molar-refractivity contribution in [3.8, 4) is 11.5 Å². The topological polar surface area (TPSA) is 77.5 Å². The first-order chi connectivity index (χ1) is 11.9. The number of halogens is 1. The minimum Gasteiger partial charge on any atom is -0.496 e. The summed E-state index contributed by atoms with van der Waals surface area (Å²) in [5, 5.41) is 0.836. The molecule has 0 bridgehead atoms. The number of sulfonamides is 1. The molecule has 3 aromatic rings. The van der Waals surface area contributed by atoms with Crippen LogP contribution in [0.25, 0.3) is 10.9 Å². The fourth-order valence-electron chi connectivity index (χ4n) is 2.38. The van der Waals surface area contributed by atoms with Gasteiger partial charge >= 0.3 is 0 Å². The molecule has 1 heterocycles. The molecule has 0 fully saturated rings. The number of nitrogens with one attached hydrogen (secondary N) is 1. The normalized spacial score (nSPS) is 11.3. The van der Waals surface area contributed by atoms with Crippen LogP contribution in [0.1, 0.15) is 0 Å². The smallest absolute Gasteiger partial charge is 0.265 e. The van der Waals surface area contributed by atoms with Crippen LogP contribution in [-0.2, 0) is 10.0 Å². The molecule has 0 saturated heterocycles. The lowest BCUT2D eigenvalue weighted by atomic mass is 10.2. The fourth-order valence-corrected chi connectivity index (χ4v) is 4.06. The molecule has 130 valence electrons. The zero-order chi connectivity index (χ0) is 18.0. The van der Waals surface area contributed by atoms with Gasteiger partial charge in [0.1, 0.15) is 16.4 Å². The summed E-state index contributed by atoms with van der Waals surface area (Å²) in [6, 6.07) is 12.1. The fraction of sp³-hybridized carbons (Fsp3) is 0.118. The second-order valence-corrected chi connectivity index (χ2v) is 7.66. The summed E-state index contributed by atoms with van der Waals surface area (Å²) in [5.74, 6) is 0.590. The summed E-state index contributed by atoms with van der Waals surface area (Å²) in [7, 11) is -1.02. The van der Waals surface area contributed by atoms with Crippen molar-refractivity contribution in [2.75, 3.05) is 18.9 Å². The van der Waals surface area contributed by atoms with Gasteiger partial charge < -0.3 is 9.47 Å². The first-order valence-electron chi connectivity index (χ1n) is 7.24. The number of fused-ring (bicyclic) bond motifs is 1. The second kappa shape index (κ2) is 6.89. The maximum atomic E-state index is 12.8. The van der Waals surface area contributed by atoms with E-state index in [1.54, 1.807) is 12.1 Å². The van der Waals surface area contributed by atoms with E-state index in [1.165, 1.54) is 26.5 Å². The average molecular weight is 423 g/mol. The molecule has 25 heavy (non-hydrogen) atoms. The summed E-state index contributed by atoms with van der Waals surface area (Å²) in [4.78, 5) is 4.23. The van der Waals surface area contributed by atoms with Crippen molar-refractivity contribution < 1.29 is 17.9 Å². The summed E-state index contributed by atoms with van der Waals surface area (Å²) in [6.45, 7) is 0. The summed E-state index contributed by atoms with van der Waals surface area (Å²) >= 11 is 3.31. The zero-order valence-corrected chi connectivity index (χ0v) is 15.9. The van der Waals surface area contributed by atoms with Gasteiger partial charge in [0.25, 0.3) is 10.0 Å². The number of hydrogen-bond acceptors (Lipinski definition) is 5. The molecule has 0 amide bonds. The minimum absolute atomic E-state index is 0.0248. The summed E-state index contributed by atoms with van der Waals surface area (Å²) in [5.41, 5.74) is 1.15. The van der Waals surface area contributed by atoms with Gasteiger partial charge in [-0.05, 0) is 34.1 Å². The monoisotopic (exact) mass is 422 g/mol. The van der Waals surface area contributed by atoms with E-state index in [1.807, 2.05) is 24.3 Å². The third-order valence-electron chi connectivity index (χ3n) is 3.57. The van der Waals surface area contributed by atoms with E-state index in [0.717, 1.165) is 10.9 Å². The van der Waals surface area contributed by atoms with Gasteiger partial charge in [0.2, 0.25) is 0 Å². The first-order valence-corrected chi connectivity index (χ1v) is 9.51. The van der Waals surface area contributed by atoms with Crippen molar-refractivity contribution in [1.82, 2.24) is 4.98 Å². The number of anilines is 1. The van der Waals surface area contributed by atoms with E-state index in [9.17, 15) is 8.42 Å². The number of benzene rings is 2. The Morgan fingerprint density at radius 2 is 1.76 bits per heavy atom. The first kappa shape index (κ1) is 17.5. The van der Waals surface area contributed by atoms with Gasteiger partial charge in [0, 0.05) is 11.5 Å². The van der Waals surface area contributed by atoms with E-state index in [2.05, 4.69) is 25.6 Å². The van der Waals surface area contributed by atoms with Gasteiger partial charge in [-0.1, -0.05) is 18.2 Å². The molecule has 2 aromatic carbocycles. The average Bonchev–Trinajstić information content (AvgIpc) is 2.60. The molecule has 0 radical (unpaired) electrons. The van der Waals surface area contributed by atoms with Crippen molar-refractivity contribution in [2.45, 2.75) is 4.90 Å². The Kier molecular flexibility index (Phi) is 4.82. The molecule has 3 rings (SSSR count). The Morgan fingerprint density at radius 3 is 2.48 bits per heavy atom. The lowest BCUT2D eigenvalue weighted by Gasteiger charge is -2.14. The van der Waals surface area contributed by atoms with E-state index >= 15 is 0 Å². The van der Waals surface area contributed by atoms with Crippen molar-refractivity contribution in [3.63, 3.8) is 0 Å². The molecule has 0 aliphatic rings. The highest BCUT2D eigenvalue weighted by Crippen LogP contribution is 2.36. The van der Waals surface area contributed by atoms with Crippen molar-refractivity contribution in [3.05, 3.63) is 53.1 Å². The molecule has 0 saturated carbocycles. The molecule has 1 N–H and O–H groups in total. The van der Waals surface area contributed by atoms with Crippen LogP contribution in [0.2, 0.25) is 0 Å². The van der Waals surface area contributed by atoms with Crippen LogP contribution in [-0.4, -0.2) is 27.6 Å². The van der Waals surface area contributed by atoms with Gasteiger partial charge in [-0.15, -0.1) is 0 Å². The van der Waals surface area contributed by atoms with Gasteiger partial charge in [0.15, 0.2) is 0 Å². The Balaban J connectivity index is 2.03. The third-order valence-corrected chi connectivity index (χ3v) is 5.59. The van der Waals surface area contributed by atoms with E-state index in [4.69, 9.17) is 9.47 Å². The van der Waals surface area contributed by atoms with Crippen LogP contribution in [0.3, 0.4) is 0 Å². The molecule has 0 aliphatic heterocycles. The predicted octanol–water partition coefficient (Wildman–Crippen LogP) is 3.82. The summed E-state index contributed by atoms with van der Waals surface area (Å²) in [6.07, 6.45) is 1.47. The van der Waals surface area contributed by atoms with Crippen LogP contribution in [0.5, 0.6) is 11.5 Å². The van der Waals surface area contributed by atoms with E-state index in [-0.39, 0.29) is 10.6 Å². The quantitative estimate of drug-likeness (QED) is 0.675. The number of rotatable bonds is 5. The number of methoxy groups -OCH3 is 2. The largest absolute Gasteiger partial charge is 0.496 e. The Morgan fingerprint density at radius 1 is 1.04 bits per heavy atom. The predicted molar refractivity (Wildman–Crippen MR) is 99.8 cm³/mol. The highest BCUT2D eigenvalue weighted by Gasteiger charge is 2.22. The SMILES string of the molecule is COc1cc(S(=O)(=O)Nc2cnc3ccccc3c2)c(OC)cc1Br. The summed E-state index contributed by atoms with van der Waals surface area (Å²) < 4.78 is 39.1. The second-order valence-electron chi connectivity index (χ2n) is 5.16. The van der Waals surface area contributed by atoms with E-state index < -0.39 is 10.0 Å². The van der Waals surface area contributed by atoms with Crippen LogP contribution < -0.4 is 14.2 Å². The van der Waals surface area contributed by atoms with Gasteiger partial charge in [0.05, 0.1) is 36.1 Å². The lowest BCUT2D eigenvalue weighted by Crippen LogP contribution is -2.14. The Labute approximate surface area is 154 Å². The molecule has 0 atom stereocenters. The van der Waals surface area contributed by atoms with Crippen molar-refractivity contribution in [2.24, 2.45) is 0 Å².